The SMILES string of the molecule is C=N/C=C\c1ccc(-c2cccnc2-c2ccc(F)c(C)c2)cc1C. The predicted octanol–water partition coefficient (Wildman–Crippen LogP) is 5.84. The lowest BCUT2D eigenvalue weighted by molar-refractivity contribution is 0.619. The van der Waals surface area contributed by atoms with Crippen LogP contribution in [0.4, 0.5) is 4.39 Å². The normalized spacial score (nSPS) is 11.0. The van der Waals surface area contributed by atoms with E-state index >= 15 is 0 Å². The van der Waals surface area contributed by atoms with Crippen molar-refractivity contribution in [1.29, 1.82) is 0 Å². The summed E-state index contributed by atoms with van der Waals surface area (Å²) >= 11 is 0. The highest BCUT2D eigenvalue weighted by molar-refractivity contribution is 5.81. The quantitative estimate of drug-likeness (QED) is 0.551. The van der Waals surface area contributed by atoms with E-state index in [1.54, 1.807) is 25.4 Å². The van der Waals surface area contributed by atoms with Crippen LogP contribution in [0.15, 0.2) is 65.9 Å². The average Bonchev–Trinajstić information content (AvgIpc) is 2.63. The van der Waals surface area contributed by atoms with Crippen LogP contribution >= 0.6 is 0 Å². The van der Waals surface area contributed by atoms with Crippen LogP contribution in [0.2, 0.25) is 0 Å². The Morgan fingerprint density at radius 3 is 2.48 bits per heavy atom. The van der Waals surface area contributed by atoms with Gasteiger partial charge in [-0.3, -0.25) is 9.98 Å². The summed E-state index contributed by atoms with van der Waals surface area (Å²) in [7, 11) is 0. The summed E-state index contributed by atoms with van der Waals surface area (Å²) in [6, 6.07) is 15.3. The molecule has 0 unspecified atom stereocenters. The first-order valence-electron chi connectivity index (χ1n) is 8.05. The van der Waals surface area contributed by atoms with Gasteiger partial charge in [-0.05, 0) is 73.2 Å². The molecule has 124 valence electrons. The standard InChI is InChI=1S/C22H19FN2/c1-15-13-18(7-6-17(15)10-12-24-3)20-5-4-11-25-22(20)19-8-9-21(23)16(2)14-19/h4-14H,3H2,1-2H3/b12-10-. The fourth-order valence-electron chi connectivity index (χ4n) is 2.82. The molecule has 0 aliphatic rings. The van der Waals surface area contributed by atoms with Crippen LogP contribution in [0.1, 0.15) is 16.7 Å². The van der Waals surface area contributed by atoms with Gasteiger partial charge in [0.2, 0.25) is 0 Å². The molecular formula is C22H19FN2. The van der Waals surface area contributed by atoms with Crippen molar-refractivity contribution in [2.75, 3.05) is 0 Å². The lowest BCUT2D eigenvalue weighted by Crippen LogP contribution is -1.92. The fourth-order valence-corrected chi connectivity index (χ4v) is 2.82. The van der Waals surface area contributed by atoms with Crippen LogP contribution in [0, 0.1) is 19.7 Å². The van der Waals surface area contributed by atoms with E-state index in [9.17, 15) is 4.39 Å². The molecule has 3 heteroatoms. The molecule has 0 atom stereocenters. The maximum atomic E-state index is 13.6. The van der Waals surface area contributed by atoms with Gasteiger partial charge in [0, 0.05) is 23.5 Å². The summed E-state index contributed by atoms with van der Waals surface area (Å²) in [5, 5.41) is 0. The van der Waals surface area contributed by atoms with Gasteiger partial charge in [0.1, 0.15) is 5.82 Å². The van der Waals surface area contributed by atoms with Gasteiger partial charge in [-0.25, -0.2) is 4.39 Å². The second-order valence-corrected chi connectivity index (χ2v) is 5.93. The fraction of sp³-hybridized carbons (Fsp3) is 0.0909. The first-order chi connectivity index (χ1) is 12.1. The summed E-state index contributed by atoms with van der Waals surface area (Å²) in [6.07, 6.45) is 5.37. The monoisotopic (exact) mass is 330 g/mol. The molecule has 0 saturated carbocycles. The second kappa shape index (κ2) is 7.22. The van der Waals surface area contributed by atoms with E-state index in [-0.39, 0.29) is 5.82 Å². The number of rotatable bonds is 4. The molecule has 25 heavy (non-hydrogen) atoms. The first kappa shape index (κ1) is 16.8. The number of aryl methyl sites for hydroxylation is 2. The third-order valence-corrected chi connectivity index (χ3v) is 4.18. The topological polar surface area (TPSA) is 25.2 Å². The molecule has 2 nitrogen and oxygen atoms in total. The summed E-state index contributed by atoms with van der Waals surface area (Å²) < 4.78 is 13.6. The first-order valence-corrected chi connectivity index (χ1v) is 8.05. The zero-order valence-electron chi connectivity index (χ0n) is 14.3. The molecule has 0 bridgehead atoms. The number of hydrogen-bond donors (Lipinski definition) is 0. The largest absolute Gasteiger partial charge is 0.272 e. The van der Waals surface area contributed by atoms with Crippen LogP contribution < -0.4 is 0 Å². The van der Waals surface area contributed by atoms with Gasteiger partial charge in [-0.1, -0.05) is 24.3 Å². The molecule has 1 aromatic heterocycles. The van der Waals surface area contributed by atoms with Gasteiger partial charge in [0.05, 0.1) is 5.69 Å². The van der Waals surface area contributed by atoms with Gasteiger partial charge >= 0.3 is 0 Å². The second-order valence-electron chi connectivity index (χ2n) is 5.93. The number of benzene rings is 2. The minimum Gasteiger partial charge on any atom is -0.272 e. The third-order valence-electron chi connectivity index (χ3n) is 4.18. The smallest absolute Gasteiger partial charge is 0.126 e. The zero-order chi connectivity index (χ0) is 17.8. The Bertz CT molecular complexity index is 958. The molecule has 3 aromatic rings. The zero-order valence-corrected chi connectivity index (χ0v) is 14.3. The molecule has 0 spiro atoms. The van der Waals surface area contributed by atoms with Gasteiger partial charge in [0.15, 0.2) is 0 Å². The number of halogens is 1. The number of aromatic nitrogens is 1. The van der Waals surface area contributed by atoms with E-state index in [0.29, 0.717) is 5.56 Å². The highest BCUT2D eigenvalue weighted by Crippen LogP contribution is 2.32. The predicted molar refractivity (Wildman–Crippen MR) is 103 cm³/mol. The summed E-state index contributed by atoms with van der Waals surface area (Å²) in [6.45, 7) is 7.28. The Morgan fingerprint density at radius 2 is 1.76 bits per heavy atom. The van der Waals surface area contributed by atoms with Gasteiger partial charge in [-0.15, -0.1) is 0 Å². The van der Waals surface area contributed by atoms with Crippen molar-refractivity contribution in [3.63, 3.8) is 0 Å². The summed E-state index contributed by atoms with van der Waals surface area (Å²) in [5.41, 5.74) is 6.71. The minimum absolute atomic E-state index is 0.205. The van der Waals surface area contributed by atoms with Crippen molar-refractivity contribution in [2.24, 2.45) is 4.99 Å². The van der Waals surface area contributed by atoms with Crippen molar-refractivity contribution in [1.82, 2.24) is 4.98 Å². The number of hydrogen-bond acceptors (Lipinski definition) is 2. The molecule has 2 aromatic carbocycles. The van der Waals surface area contributed by atoms with E-state index < -0.39 is 0 Å². The lowest BCUT2D eigenvalue weighted by atomic mass is 9.95. The van der Waals surface area contributed by atoms with Crippen LogP contribution in [0.3, 0.4) is 0 Å². The average molecular weight is 330 g/mol. The van der Waals surface area contributed by atoms with Crippen LogP contribution in [-0.4, -0.2) is 11.7 Å². The van der Waals surface area contributed by atoms with Gasteiger partial charge in [0.25, 0.3) is 0 Å². The maximum absolute atomic E-state index is 13.6. The highest BCUT2D eigenvalue weighted by atomic mass is 19.1. The number of aliphatic imine (C=N–C) groups is 1. The van der Waals surface area contributed by atoms with Crippen LogP contribution in [0.25, 0.3) is 28.5 Å². The van der Waals surface area contributed by atoms with E-state index in [0.717, 1.165) is 33.5 Å². The molecule has 1 heterocycles. The molecule has 3 rings (SSSR count). The maximum Gasteiger partial charge on any atom is 0.126 e. The lowest BCUT2D eigenvalue weighted by Gasteiger charge is -2.11. The van der Waals surface area contributed by atoms with E-state index in [1.807, 2.05) is 24.3 Å². The van der Waals surface area contributed by atoms with Gasteiger partial charge in [-0.2, -0.15) is 0 Å². The Kier molecular flexibility index (Phi) is 4.85. The van der Waals surface area contributed by atoms with Crippen LogP contribution in [-0.2, 0) is 0 Å². The summed E-state index contributed by atoms with van der Waals surface area (Å²) in [5.74, 6) is -0.205. The van der Waals surface area contributed by atoms with E-state index in [1.165, 1.54) is 6.07 Å². The molecule has 0 radical (unpaired) electrons. The number of pyridine rings is 1. The van der Waals surface area contributed by atoms with Crippen LogP contribution in [0.5, 0.6) is 0 Å². The number of nitrogens with zero attached hydrogens (tertiary/aromatic N) is 2. The van der Waals surface area contributed by atoms with E-state index in [4.69, 9.17) is 0 Å². The van der Waals surface area contributed by atoms with Crippen molar-refractivity contribution < 1.29 is 4.39 Å². The van der Waals surface area contributed by atoms with Crippen molar-refractivity contribution in [3.8, 4) is 22.4 Å². The molecule has 0 fully saturated rings. The Balaban J connectivity index is 2.09. The Morgan fingerprint density at radius 1 is 1.00 bits per heavy atom. The van der Waals surface area contributed by atoms with Crippen molar-refractivity contribution in [3.05, 3.63) is 83.4 Å². The molecular weight excluding hydrogens is 311 g/mol. The molecule has 0 N–H and O–H groups in total. The molecule has 0 saturated heterocycles. The Hall–Kier alpha value is -3.07. The Labute approximate surface area is 147 Å². The molecule has 0 amide bonds. The van der Waals surface area contributed by atoms with Crippen molar-refractivity contribution in [2.45, 2.75) is 13.8 Å². The highest BCUT2D eigenvalue weighted by Gasteiger charge is 2.10. The molecule has 0 aliphatic heterocycles. The van der Waals surface area contributed by atoms with Gasteiger partial charge < -0.3 is 0 Å². The minimum atomic E-state index is -0.205. The third kappa shape index (κ3) is 3.56. The summed E-state index contributed by atoms with van der Waals surface area (Å²) in [4.78, 5) is 8.29. The van der Waals surface area contributed by atoms with E-state index in [2.05, 4.69) is 41.8 Å². The molecule has 0 aliphatic carbocycles. The van der Waals surface area contributed by atoms with Crippen molar-refractivity contribution >= 4 is 12.8 Å².